The van der Waals surface area contributed by atoms with Crippen LogP contribution in [-0.4, -0.2) is 32.1 Å². The van der Waals surface area contributed by atoms with Gasteiger partial charge in [0.05, 0.1) is 6.61 Å². The van der Waals surface area contributed by atoms with Gasteiger partial charge in [-0.25, -0.2) is 0 Å². The first-order valence-corrected chi connectivity index (χ1v) is 9.61. The Morgan fingerprint density at radius 2 is 1.82 bits per heavy atom. The Morgan fingerprint density at radius 3 is 2.54 bits per heavy atom. The van der Waals surface area contributed by atoms with E-state index in [1.165, 1.54) is 5.56 Å². The molecule has 2 aromatic carbocycles. The molecule has 0 aliphatic heterocycles. The molecule has 150 valence electrons. The number of nitrogens with one attached hydrogen (secondary N) is 3. The number of benzene rings is 2. The number of aryl methyl sites for hydroxylation is 1. The molecule has 2 rings (SSSR count). The topological polar surface area (TPSA) is 74.8 Å². The van der Waals surface area contributed by atoms with Crippen LogP contribution in [0.25, 0.3) is 0 Å². The fraction of sp³-hybridized carbons (Fsp3) is 0.364. The summed E-state index contributed by atoms with van der Waals surface area (Å²) in [6, 6.07) is 13.8. The van der Waals surface area contributed by atoms with Crippen molar-refractivity contribution in [1.82, 2.24) is 16.0 Å². The molecule has 28 heavy (non-hydrogen) atoms. The standard InChI is InChI=1S/C22H30N4O2/c1-5-24-21(27)18-9-7-8-17(13-18)14-25-22(23-4)26-15-19-11-10-16(3)12-20(19)28-6-2/h7-13H,5-6,14-15H2,1-4H3,(H,24,27)(H2,23,25,26). The van der Waals surface area contributed by atoms with Crippen LogP contribution >= 0.6 is 0 Å². The fourth-order valence-electron chi connectivity index (χ4n) is 2.77. The summed E-state index contributed by atoms with van der Waals surface area (Å²) in [6.07, 6.45) is 0. The van der Waals surface area contributed by atoms with Crippen molar-refractivity contribution in [2.75, 3.05) is 20.2 Å². The van der Waals surface area contributed by atoms with Crippen LogP contribution in [0.2, 0.25) is 0 Å². The van der Waals surface area contributed by atoms with E-state index in [0.717, 1.165) is 16.9 Å². The van der Waals surface area contributed by atoms with Gasteiger partial charge in [0.1, 0.15) is 5.75 Å². The lowest BCUT2D eigenvalue weighted by Gasteiger charge is -2.15. The van der Waals surface area contributed by atoms with E-state index in [9.17, 15) is 4.79 Å². The molecule has 2 aromatic rings. The van der Waals surface area contributed by atoms with Crippen LogP contribution in [0, 0.1) is 6.92 Å². The van der Waals surface area contributed by atoms with Gasteiger partial charge in [-0.1, -0.05) is 24.3 Å². The van der Waals surface area contributed by atoms with E-state index in [4.69, 9.17) is 4.74 Å². The Balaban J connectivity index is 1.95. The average Bonchev–Trinajstić information content (AvgIpc) is 2.70. The maximum atomic E-state index is 12.0. The number of amides is 1. The predicted octanol–water partition coefficient (Wildman–Crippen LogP) is 3.01. The van der Waals surface area contributed by atoms with Gasteiger partial charge in [0, 0.05) is 37.8 Å². The van der Waals surface area contributed by atoms with Crippen LogP contribution in [0.4, 0.5) is 0 Å². The van der Waals surface area contributed by atoms with E-state index in [1.807, 2.05) is 44.2 Å². The Labute approximate surface area is 167 Å². The third-order valence-corrected chi connectivity index (χ3v) is 4.18. The molecule has 0 bridgehead atoms. The first kappa shape index (κ1) is 21.3. The Morgan fingerprint density at radius 1 is 1.04 bits per heavy atom. The van der Waals surface area contributed by atoms with Crippen LogP contribution in [0.15, 0.2) is 47.5 Å². The van der Waals surface area contributed by atoms with Crippen molar-refractivity contribution >= 4 is 11.9 Å². The van der Waals surface area contributed by atoms with E-state index >= 15 is 0 Å². The molecule has 0 aromatic heterocycles. The summed E-state index contributed by atoms with van der Waals surface area (Å²) in [5.74, 6) is 1.52. The molecule has 0 atom stereocenters. The Hall–Kier alpha value is -3.02. The average molecular weight is 383 g/mol. The van der Waals surface area contributed by atoms with Crippen molar-refractivity contribution in [2.45, 2.75) is 33.9 Å². The molecule has 3 N–H and O–H groups in total. The van der Waals surface area contributed by atoms with Gasteiger partial charge in [0.2, 0.25) is 0 Å². The molecule has 0 aliphatic carbocycles. The largest absolute Gasteiger partial charge is 0.494 e. The van der Waals surface area contributed by atoms with E-state index in [2.05, 4.69) is 40.0 Å². The SMILES string of the molecule is CCNC(=O)c1cccc(CNC(=NC)NCc2ccc(C)cc2OCC)c1. The van der Waals surface area contributed by atoms with Gasteiger partial charge in [-0.15, -0.1) is 0 Å². The number of rotatable bonds is 8. The zero-order valence-electron chi connectivity index (χ0n) is 17.1. The second-order valence-corrected chi connectivity index (χ2v) is 6.38. The van der Waals surface area contributed by atoms with E-state index < -0.39 is 0 Å². The smallest absolute Gasteiger partial charge is 0.251 e. The minimum absolute atomic E-state index is 0.0605. The van der Waals surface area contributed by atoms with Crippen molar-refractivity contribution in [2.24, 2.45) is 4.99 Å². The summed E-state index contributed by atoms with van der Waals surface area (Å²) < 4.78 is 5.73. The highest BCUT2D eigenvalue weighted by atomic mass is 16.5. The molecule has 0 heterocycles. The van der Waals surface area contributed by atoms with Gasteiger partial charge in [0.15, 0.2) is 5.96 Å². The third kappa shape index (κ3) is 6.30. The normalized spacial score (nSPS) is 11.1. The summed E-state index contributed by atoms with van der Waals surface area (Å²) in [7, 11) is 1.74. The first-order valence-electron chi connectivity index (χ1n) is 9.61. The molecule has 0 radical (unpaired) electrons. The molecule has 0 saturated carbocycles. The van der Waals surface area contributed by atoms with Gasteiger partial charge >= 0.3 is 0 Å². The highest BCUT2D eigenvalue weighted by Gasteiger charge is 2.07. The Bertz CT molecular complexity index is 818. The van der Waals surface area contributed by atoms with E-state index in [-0.39, 0.29) is 5.91 Å². The maximum Gasteiger partial charge on any atom is 0.251 e. The lowest BCUT2D eigenvalue weighted by molar-refractivity contribution is 0.0955. The van der Waals surface area contributed by atoms with Crippen LogP contribution in [0.3, 0.4) is 0 Å². The summed E-state index contributed by atoms with van der Waals surface area (Å²) >= 11 is 0. The minimum atomic E-state index is -0.0605. The molecule has 0 aliphatic rings. The van der Waals surface area contributed by atoms with Gasteiger partial charge < -0.3 is 20.7 Å². The summed E-state index contributed by atoms with van der Waals surface area (Å²) in [5, 5.41) is 9.41. The van der Waals surface area contributed by atoms with E-state index in [0.29, 0.717) is 37.8 Å². The number of aliphatic imine (C=N–C) groups is 1. The molecular formula is C22H30N4O2. The van der Waals surface area contributed by atoms with Crippen LogP contribution < -0.4 is 20.7 Å². The molecule has 6 heteroatoms. The first-order chi connectivity index (χ1) is 13.6. The lowest BCUT2D eigenvalue weighted by Crippen LogP contribution is -2.36. The molecule has 0 unspecified atom stereocenters. The number of carbonyl (C=O) groups is 1. The minimum Gasteiger partial charge on any atom is -0.494 e. The fourth-order valence-corrected chi connectivity index (χ4v) is 2.77. The van der Waals surface area contributed by atoms with Crippen LogP contribution in [0.1, 0.15) is 40.9 Å². The zero-order chi connectivity index (χ0) is 20.4. The van der Waals surface area contributed by atoms with Crippen molar-refractivity contribution in [3.63, 3.8) is 0 Å². The van der Waals surface area contributed by atoms with Gasteiger partial charge in [-0.05, 0) is 50.1 Å². The van der Waals surface area contributed by atoms with Crippen molar-refractivity contribution in [3.05, 3.63) is 64.7 Å². The van der Waals surface area contributed by atoms with Crippen LogP contribution in [0.5, 0.6) is 5.75 Å². The zero-order valence-corrected chi connectivity index (χ0v) is 17.1. The van der Waals surface area contributed by atoms with E-state index in [1.54, 1.807) is 7.05 Å². The number of nitrogens with zero attached hydrogens (tertiary/aromatic N) is 1. The van der Waals surface area contributed by atoms with Crippen molar-refractivity contribution in [3.8, 4) is 5.75 Å². The quantitative estimate of drug-likeness (QED) is 0.485. The molecule has 0 fully saturated rings. The molecule has 0 spiro atoms. The lowest BCUT2D eigenvalue weighted by atomic mass is 10.1. The summed E-state index contributed by atoms with van der Waals surface area (Å²) in [5.41, 5.74) is 3.91. The second-order valence-electron chi connectivity index (χ2n) is 6.38. The van der Waals surface area contributed by atoms with Crippen molar-refractivity contribution < 1.29 is 9.53 Å². The highest BCUT2D eigenvalue weighted by molar-refractivity contribution is 5.94. The van der Waals surface area contributed by atoms with Gasteiger partial charge in [0.25, 0.3) is 5.91 Å². The molecule has 6 nitrogen and oxygen atoms in total. The summed E-state index contributed by atoms with van der Waals surface area (Å²) in [4.78, 5) is 16.3. The molecule has 1 amide bonds. The van der Waals surface area contributed by atoms with Gasteiger partial charge in [-0.2, -0.15) is 0 Å². The maximum absolute atomic E-state index is 12.0. The number of carbonyl (C=O) groups excluding carboxylic acids is 1. The number of hydrogen-bond donors (Lipinski definition) is 3. The second kappa shape index (κ2) is 11.0. The number of hydrogen-bond acceptors (Lipinski definition) is 3. The van der Waals surface area contributed by atoms with Gasteiger partial charge in [-0.3, -0.25) is 9.79 Å². The van der Waals surface area contributed by atoms with Crippen LogP contribution in [-0.2, 0) is 13.1 Å². The number of guanidine groups is 1. The third-order valence-electron chi connectivity index (χ3n) is 4.18. The molecular weight excluding hydrogens is 352 g/mol. The highest BCUT2D eigenvalue weighted by Crippen LogP contribution is 2.20. The number of ether oxygens (including phenoxy) is 1. The van der Waals surface area contributed by atoms with Crippen molar-refractivity contribution in [1.29, 1.82) is 0 Å². The predicted molar refractivity (Wildman–Crippen MR) is 114 cm³/mol. The summed E-state index contributed by atoms with van der Waals surface area (Å²) in [6.45, 7) is 8.35. The molecule has 0 saturated heterocycles. The Kier molecular flexibility index (Phi) is 8.34. The monoisotopic (exact) mass is 382 g/mol.